The fourth-order valence-electron chi connectivity index (χ4n) is 1.45. The molecule has 0 bridgehead atoms. The molecule has 1 fully saturated rings. The van der Waals surface area contributed by atoms with Gasteiger partial charge in [0.15, 0.2) is 0 Å². The predicted octanol–water partition coefficient (Wildman–Crippen LogP) is 3.50. The van der Waals surface area contributed by atoms with Crippen LogP contribution in [-0.4, -0.2) is 35.6 Å². The molecule has 1 unspecified atom stereocenters. The minimum absolute atomic E-state index is 0.672. The summed E-state index contributed by atoms with van der Waals surface area (Å²) in [4.78, 5) is 0. The zero-order valence-electron chi connectivity index (χ0n) is 11.0. The Morgan fingerprint density at radius 3 is 2.50 bits per heavy atom. The second-order valence-corrected chi connectivity index (χ2v) is 7.53. The van der Waals surface area contributed by atoms with E-state index in [9.17, 15) is 0 Å². The fourth-order valence-corrected chi connectivity index (χ4v) is 3.63. The molecule has 0 aliphatic heterocycles. The van der Waals surface area contributed by atoms with Gasteiger partial charge in [-0.25, -0.2) is 0 Å². The van der Waals surface area contributed by atoms with Crippen molar-refractivity contribution in [1.82, 2.24) is 5.32 Å². The largest absolute Gasteiger partial charge is 0.313 e. The zero-order chi connectivity index (χ0) is 11.8. The first-order valence-corrected chi connectivity index (χ1v) is 8.88. The summed E-state index contributed by atoms with van der Waals surface area (Å²) in [5, 5.41) is 3.61. The smallest absolute Gasteiger partial charge is 0.0130 e. The second kappa shape index (κ2) is 8.71. The molecule has 1 rings (SSSR count). The Bertz CT molecular complexity index is 169. The summed E-state index contributed by atoms with van der Waals surface area (Å²) in [7, 11) is 0. The minimum Gasteiger partial charge on any atom is -0.313 e. The van der Waals surface area contributed by atoms with E-state index in [0.717, 1.165) is 11.8 Å². The van der Waals surface area contributed by atoms with Crippen LogP contribution < -0.4 is 5.32 Å². The highest BCUT2D eigenvalue weighted by Crippen LogP contribution is 2.32. The Balaban J connectivity index is 1.79. The first-order valence-electron chi connectivity index (χ1n) is 6.57. The van der Waals surface area contributed by atoms with Gasteiger partial charge in [0, 0.05) is 24.1 Å². The standard InChI is InChI=1S/C13H27NS2/c1-11(2)8-16-9-12(3)14-6-7-15-10-13-4-5-13/h11-14H,4-10H2,1-3H3. The Morgan fingerprint density at radius 2 is 1.88 bits per heavy atom. The van der Waals surface area contributed by atoms with Crippen molar-refractivity contribution in [2.45, 2.75) is 39.7 Å². The molecule has 1 saturated carbocycles. The van der Waals surface area contributed by atoms with E-state index in [1.165, 1.54) is 42.4 Å². The molecule has 0 aromatic carbocycles. The Labute approximate surface area is 110 Å². The van der Waals surface area contributed by atoms with E-state index in [0.29, 0.717) is 6.04 Å². The van der Waals surface area contributed by atoms with Crippen LogP contribution in [-0.2, 0) is 0 Å². The fraction of sp³-hybridized carbons (Fsp3) is 1.00. The summed E-state index contributed by atoms with van der Waals surface area (Å²) < 4.78 is 0. The normalized spacial score (nSPS) is 18.0. The Morgan fingerprint density at radius 1 is 1.12 bits per heavy atom. The van der Waals surface area contributed by atoms with E-state index in [-0.39, 0.29) is 0 Å². The molecule has 1 atom stereocenters. The highest BCUT2D eigenvalue weighted by Gasteiger charge is 2.20. The van der Waals surface area contributed by atoms with E-state index in [4.69, 9.17) is 0 Å². The third-order valence-corrected chi connectivity index (χ3v) is 5.45. The van der Waals surface area contributed by atoms with Crippen molar-refractivity contribution >= 4 is 23.5 Å². The number of hydrogen-bond donors (Lipinski definition) is 1. The Hall–Kier alpha value is 0.660. The lowest BCUT2D eigenvalue weighted by molar-refractivity contribution is 0.622. The number of thioether (sulfide) groups is 2. The van der Waals surface area contributed by atoms with Gasteiger partial charge >= 0.3 is 0 Å². The second-order valence-electron chi connectivity index (χ2n) is 5.30. The maximum Gasteiger partial charge on any atom is 0.0130 e. The van der Waals surface area contributed by atoms with Crippen LogP contribution in [0, 0.1) is 11.8 Å². The summed E-state index contributed by atoms with van der Waals surface area (Å²) in [5.41, 5.74) is 0. The molecule has 0 saturated heterocycles. The highest BCUT2D eigenvalue weighted by molar-refractivity contribution is 7.99. The summed E-state index contributed by atoms with van der Waals surface area (Å²) in [5.74, 6) is 7.14. The lowest BCUT2D eigenvalue weighted by Gasteiger charge is -2.14. The van der Waals surface area contributed by atoms with Gasteiger partial charge in [0.2, 0.25) is 0 Å². The minimum atomic E-state index is 0.672. The molecular formula is C13H27NS2. The van der Waals surface area contributed by atoms with Crippen molar-refractivity contribution in [1.29, 1.82) is 0 Å². The van der Waals surface area contributed by atoms with Gasteiger partial charge in [-0.2, -0.15) is 23.5 Å². The highest BCUT2D eigenvalue weighted by atomic mass is 32.2. The van der Waals surface area contributed by atoms with Gasteiger partial charge in [-0.1, -0.05) is 13.8 Å². The van der Waals surface area contributed by atoms with Crippen LogP contribution in [0.2, 0.25) is 0 Å². The Kier molecular flexibility index (Phi) is 8.01. The molecule has 1 N–H and O–H groups in total. The van der Waals surface area contributed by atoms with Crippen molar-refractivity contribution in [3.05, 3.63) is 0 Å². The van der Waals surface area contributed by atoms with Gasteiger partial charge in [0.05, 0.1) is 0 Å². The first kappa shape index (κ1) is 14.7. The topological polar surface area (TPSA) is 12.0 Å². The monoisotopic (exact) mass is 261 g/mol. The molecule has 0 heterocycles. The molecule has 16 heavy (non-hydrogen) atoms. The van der Waals surface area contributed by atoms with E-state index < -0.39 is 0 Å². The zero-order valence-corrected chi connectivity index (χ0v) is 12.6. The van der Waals surface area contributed by atoms with E-state index >= 15 is 0 Å². The van der Waals surface area contributed by atoms with Gasteiger partial charge in [-0.15, -0.1) is 0 Å². The summed E-state index contributed by atoms with van der Waals surface area (Å²) in [6, 6.07) is 0.672. The molecule has 1 nitrogen and oxygen atoms in total. The van der Waals surface area contributed by atoms with Crippen molar-refractivity contribution in [3.63, 3.8) is 0 Å². The number of nitrogens with one attached hydrogen (secondary N) is 1. The van der Waals surface area contributed by atoms with E-state index in [2.05, 4.69) is 49.6 Å². The van der Waals surface area contributed by atoms with Crippen molar-refractivity contribution < 1.29 is 0 Å². The van der Waals surface area contributed by atoms with E-state index in [1.807, 2.05) is 0 Å². The maximum atomic E-state index is 3.61. The van der Waals surface area contributed by atoms with Crippen LogP contribution in [0.25, 0.3) is 0 Å². The van der Waals surface area contributed by atoms with Gasteiger partial charge in [0.1, 0.15) is 0 Å². The van der Waals surface area contributed by atoms with Crippen LogP contribution in [0.5, 0.6) is 0 Å². The first-order chi connectivity index (χ1) is 7.68. The molecule has 0 radical (unpaired) electrons. The van der Waals surface area contributed by atoms with Crippen LogP contribution >= 0.6 is 23.5 Å². The van der Waals surface area contributed by atoms with Gasteiger partial charge in [0.25, 0.3) is 0 Å². The SMILES string of the molecule is CC(C)CSCC(C)NCCSCC1CC1. The van der Waals surface area contributed by atoms with Gasteiger partial charge < -0.3 is 5.32 Å². The van der Waals surface area contributed by atoms with E-state index in [1.54, 1.807) is 0 Å². The molecule has 0 aromatic heterocycles. The van der Waals surface area contributed by atoms with Crippen LogP contribution in [0.3, 0.4) is 0 Å². The average molecular weight is 262 g/mol. The maximum absolute atomic E-state index is 3.61. The van der Waals surface area contributed by atoms with Gasteiger partial charge in [-0.3, -0.25) is 0 Å². The predicted molar refractivity (Wildman–Crippen MR) is 79.7 cm³/mol. The molecule has 96 valence electrons. The third-order valence-electron chi connectivity index (χ3n) is 2.61. The summed E-state index contributed by atoms with van der Waals surface area (Å²) in [6.07, 6.45) is 2.98. The van der Waals surface area contributed by atoms with Gasteiger partial charge in [-0.05, 0) is 43.1 Å². The number of rotatable bonds is 10. The summed E-state index contributed by atoms with van der Waals surface area (Å²) in [6.45, 7) is 8.07. The average Bonchev–Trinajstić information content (AvgIpc) is 3.00. The molecule has 0 aromatic rings. The number of hydrogen-bond acceptors (Lipinski definition) is 3. The van der Waals surface area contributed by atoms with Crippen LogP contribution in [0.4, 0.5) is 0 Å². The van der Waals surface area contributed by atoms with Crippen LogP contribution in [0.1, 0.15) is 33.6 Å². The molecule has 0 amide bonds. The van der Waals surface area contributed by atoms with Crippen molar-refractivity contribution in [3.8, 4) is 0 Å². The summed E-state index contributed by atoms with van der Waals surface area (Å²) >= 11 is 4.20. The molecule has 0 spiro atoms. The van der Waals surface area contributed by atoms with Crippen molar-refractivity contribution in [2.75, 3.05) is 29.6 Å². The molecular weight excluding hydrogens is 234 g/mol. The van der Waals surface area contributed by atoms with Crippen molar-refractivity contribution in [2.24, 2.45) is 11.8 Å². The third kappa shape index (κ3) is 8.77. The molecule has 1 aliphatic rings. The van der Waals surface area contributed by atoms with Crippen LogP contribution in [0.15, 0.2) is 0 Å². The quantitative estimate of drug-likeness (QED) is 0.605. The molecule has 1 aliphatic carbocycles. The lowest BCUT2D eigenvalue weighted by atomic mass is 10.3. The lowest BCUT2D eigenvalue weighted by Crippen LogP contribution is -2.30. The molecule has 3 heteroatoms.